The Morgan fingerprint density at radius 2 is 2.11 bits per heavy atom. The van der Waals surface area contributed by atoms with E-state index in [0.717, 1.165) is 44.3 Å². The lowest BCUT2D eigenvalue weighted by Crippen LogP contribution is -2.47. The molecule has 5 heterocycles. The molecular formula is C20H25N5O2. The molecule has 3 saturated heterocycles. The predicted octanol–water partition coefficient (Wildman–Crippen LogP) is 1.89. The lowest BCUT2D eigenvalue weighted by molar-refractivity contribution is -0.135. The first-order valence-electron chi connectivity index (χ1n) is 9.67. The number of rotatable bonds is 5. The van der Waals surface area contributed by atoms with Gasteiger partial charge in [-0.1, -0.05) is 0 Å². The van der Waals surface area contributed by atoms with E-state index >= 15 is 0 Å². The van der Waals surface area contributed by atoms with Crippen molar-refractivity contribution in [2.75, 3.05) is 19.6 Å². The van der Waals surface area contributed by atoms with Crippen LogP contribution in [-0.4, -0.2) is 62.5 Å². The van der Waals surface area contributed by atoms with E-state index in [-0.39, 0.29) is 17.9 Å². The molecule has 2 bridgehead atoms. The van der Waals surface area contributed by atoms with Crippen LogP contribution in [0.1, 0.15) is 41.6 Å². The SMILES string of the molecule is O=C(c1cccnc1)N1C[C@H]2CC[C@@H](C1)N(C(=O)CCCc1cn[nH]c1)C2. The summed E-state index contributed by atoms with van der Waals surface area (Å²) in [5.41, 5.74) is 1.75. The number of fused-ring (bicyclic) bond motifs is 4. The molecule has 3 aliphatic rings. The summed E-state index contributed by atoms with van der Waals surface area (Å²) in [5, 5.41) is 6.74. The van der Waals surface area contributed by atoms with Gasteiger partial charge in [0, 0.05) is 50.7 Å². The maximum absolute atomic E-state index is 12.8. The van der Waals surface area contributed by atoms with Crippen LogP contribution in [-0.2, 0) is 11.2 Å². The van der Waals surface area contributed by atoms with Gasteiger partial charge in [-0.2, -0.15) is 5.10 Å². The second-order valence-corrected chi connectivity index (χ2v) is 7.56. The fourth-order valence-corrected chi connectivity index (χ4v) is 4.23. The number of aromatic amines is 1. The van der Waals surface area contributed by atoms with Crippen molar-refractivity contribution in [1.82, 2.24) is 25.0 Å². The highest BCUT2D eigenvalue weighted by Gasteiger charge is 2.38. The zero-order valence-electron chi connectivity index (χ0n) is 15.4. The molecule has 142 valence electrons. The lowest BCUT2D eigenvalue weighted by atomic mass is 9.94. The van der Waals surface area contributed by atoms with Gasteiger partial charge in [0.15, 0.2) is 0 Å². The Hall–Kier alpha value is -2.70. The summed E-state index contributed by atoms with van der Waals surface area (Å²) in [6, 6.07) is 3.72. The third-order valence-corrected chi connectivity index (χ3v) is 5.64. The first-order chi connectivity index (χ1) is 13.2. The molecule has 0 unspecified atom stereocenters. The molecule has 0 radical (unpaired) electrons. The maximum atomic E-state index is 12.8. The second-order valence-electron chi connectivity index (χ2n) is 7.56. The number of nitrogens with one attached hydrogen (secondary N) is 1. The summed E-state index contributed by atoms with van der Waals surface area (Å²) >= 11 is 0. The molecule has 3 aliphatic heterocycles. The smallest absolute Gasteiger partial charge is 0.255 e. The molecule has 0 spiro atoms. The van der Waals surface area contributed by atoms with Gasteiger partial charge in [-0.25, -0.2) is 0 Å². The fourth-order valence-electron chi connectivity index (χ4n) is 4.23. The quantitative estimate of drug-likeness (QED) is 0.875. The number of amides is 2. The van der Waals surface area contributed by atoms with Crippen molar-refractivity contribution in [3.63, 3.8) is 0 Å². The number of nitrogens with zero attached hydrogens (tertiary/aromatic N) is 4. The van der Waals surface area contributed by atoms with Crippen molar-refractivity contribution in [2.24, 2.45) is 5.92 Å². The molecule has 2 atom stereocenters. The molecule has 2 aromatic heterocycles. The van der Waals surface area contributed by atoms with Gasteiger partial charge in [-0.15, -0.1) is 0 Å². The van der Waals surface area contributed by atoms with Crippen LogP contribution < -0.4 is 0 Å². The van der Waals surface area contributed by atoms with E-state index in [0.29, 0.717) is 24.4 Å². The number of piperidine rings is 1. The van der Waals surface area contributed by atoms with Gasteiger partial charge in [0.2, 0.25) is 5.91 Å². The number of aryl methyl sites for hydroxylation is 1. The van der Waals surface area contributed by atoms with Crippen LogP contribution in [0.15, 0.2) is 36.9 Å². The van der Waals surface area contributed by atoms with Crippen LogP contribution in [0.5, 0.6) is 0 Å². The first-order valence-corrected chi connectivity index (χ1v) is 9.67. The number of hydrogen-bond acceptors (Lipinski definition) is 4. The topological polar surface area (TPSA) is 82.2 Å². The minimum absolute atomic E-state index is 0.0225. The molecule has 2 amide bonds. The summed E-state index contributed by atoms with van der Waals surface area (Å²) in [6.07, 6.45) is 11.3. The average Bonchev–Trinajstić information content (AvgIpc) is 3.05. The monoisotopic (exact) mass is 367 g/mol. The summed E-state index contributed by atoms with van der Waals surface area (Å²) < 4.78 is 0. The normalized spacial score (nSPS) is 21.9. The van der Waals surface area contributed by atoms with E-state index in [1.54, 1.807) is 30.7 Å². The molecule has 27 heavy (non-hydrogen) atoms. The molecular weight excluding hydrogens is 342 g/mol. The number of carbonyl (C=O) groups is 2. The Morgan fingerprint density at radius 1 is 1.19 bits per heavy atom. The minimum Gasteiger partial charge on any atom is -0.338 e. The average molecular weight is 367 g/mol. The van der Waals surface area contributed by atoms with Crippen LogP contribution in [0.4, 0.5) is 0 Å². The van der Waals surface area contributed by atoms with Gasteiger partial charge in [0.05, 0.1) is 11.8 Å². The number of aromatic nitrogens is 3. The van der Waals surface area contributed by atoms with Gasteiger partial charge in [-0.05, 0) is 49.3 Å². The number of pyridine rings is 1. The van der Waals surface area contributed by atoms with Crippen LogP contribution >= 0.6 is 0 Å². The molecule has 7 heteroatoms. The van der Waals surface area contributed by atoms with Crippen molar-refractivity contribution in [1.29, 1.82) is 0 Å². The summed E-state index contributed by atoms with van der Waals surface area (Å²) in [4.78, 5) is 33.6. The summed E-state index contributed by atoms with van der Waals surface area (Å²) in [7, 11) is 0. The third kappa shape index (κ3) is 4.02. The number of H-pyrrole nitrogens is 1. The molecule has 5 rings (SSSR count). The van der Waals surface area contributed by atoms with E-state index < -0.39 is 0 Å². The second kappa shape index (κ2) is 7.90. The van der Waals surface area contributed by atoms with E-state index in [1.165, 1.54) is 0 Å². The van der Waals surface area contributed by atoms with Crippen LogP contribution in [0.3, 0.4) is 0 Å². The molecule has 7 nitrogen and oxygen atoms in total. The molecule has 3 fully saturated rings. The number of carbonyl (C=O) groups excluding carboxylic acids is 2. The van der Waals surface area contributed by atoms with Gasteiger partial charge in [0.25, 0.3) is 5.91 Å². The molecule has 1 N–H and O–H groups in total. The van der Waals surface area contributed by atoms with Crippen LogP contribution in [0.2, 0.25) is 0 Å². The van der Waals surface area contributed by atoms with E-state index in [2.05, 4.69) is 15.2 Å². The molecule has 2 aromatic rings. The highest BCUT2D eigenvalue weighted by Crippen LogP contribution is 2.29. The van der Waals surface area contributed by atoms with Crippen molar-refractivity contribution in [3.8, 4) is 0 Å². The summed E-state index contributed by atoms with van der Waals surface area (Å²) in [5.74, 6) is 0.598. The van der Waals surface area contributed by atoms with Gasteiger partial charge < -0.3 is 9.80 Å². The largest absolute Gasteiger partial charge is 0.338 e. The van der Waals surface area contributed by atoms with Gasteiger partial charge in [0.1, 0.15) is 0 Å². The zero-order valence-corrected chi connectivity index (χ0v) is 15.4. The minimum atomic E-state index is 0.0225. The molecule has 0 saturated carbocycles. The maximum Gasteiger partial charge on any atom is 0.255 e. The van der Waals surface area contributed by atoms with Gasteiger partial charge >= 0.3 is 0 Å². The van der Waals surface area contributed by atoms with Crippen molar-refractivity contribution >= 4 is 11.8 Å². The predicted molar refractivity (Wildman–Crippen MR) is 99.9 cm³/mol. The zero-order chi connectivity index (χ0) is 18.6. The van der Waals surface area contributed by atoms with Gasteiger partial charge in [-0.3, -0.25) is 19.7 Å². The van der Waals surface area contributed by atoms with Crippen molar-refractivity contribution in [2.45, 2.75) is 38.1 Å². The Bertz CT molecular complexity index is 777. The van der Waals surface area contributed by atoms with E-state index in [1.807, 2.05) is 16.0 Å². The molecule has 0 aromatic carbocycles. The van der Waals surface area contributed by atoms with E-state index in [4.69, 9.17) is 0 Å². The van der Waals surface area contributed by atoms with Crippen LogP contribution in [0.25, 0.3) is 0 Å². The highest BCUT2D eigenvalue weighted by atomic mass is 16.2. The van der Waals surface area contributed by atoms with Crippen molar-refractivity contribution < 1.29 is 9.59 Å². The Balaban J connectivity index is 1.37. The van der Waals surface area contributed by atoms with E-state index in [9.17, 15) is 9.59 Å². The Morgan fingerprint density at radius 3 is 2.89 bits per heavy atom. The highest BCUT2D eigenvalue weighted by molar-refractivity contribution is 5.94. The Labute approximate surface area is 158 Å². The van der Waals surface area contributed by atoms with Crippen LogP contribution in [0, 0.1) is 5.92 Å². The standard InChI is InChI=1S/C20H25N5O2/c26-19(5-1-3-15-9-22-23-10-15)25-13-16-6-7-18(25)14-24(12-16)20(27)17-4-2-8-21-11-17/h2,4,8-11,16,18H,1,3,5-7,12-14H2,(H,22,23)/t16-,18+/m1/s1. The first kappa shape index (κ1) is 17.7. The lowest BCUT2D eigenvalue weighted by Gasteiger charge is -2.36. The summed E-state index contributed by atoms with van der Waals surface area (Å²) in [6.45, 7) is 2.12. The van der Waals surface area contributed by atoms with Crippen molar-refractivity contribution in [3.05, 3.63) is 48.0 Å². The molecule has 0 aliphatic carbocycles. The third-order valence-electron chi connectivity index (χ3n) is 5.64. The number of hydrogen-bond donors (Lipinski definition) is 1. The Kier molecular flexibility index (Phi) is 5.18. The fraction of sp³-hybridized carbons (Fsp3) is 0.500.